The van der Waals surface area contributed by atoms with Gasteiger partial charge in [0.1, 0.15) is 0 Å². The predicted octanol–water partition coefficient (Wildman–Crippen LogP) is 2.04. The third-order valence-corrected chi connectivity index (χ3v) is 2.70. The number of nitrogens with one attached hydrogen (secondary N) is 1. The van der Waals surface area contributed by atoms with Gasteiger partial charge >= 0.3 is 0 Å². The highest BCUT2D eigenvalue weighted by Gasteiger charge is 2.27. The van der Waals surface area contributed by atoms with Crippen molar-refractivity contribution < 1.29 is 0 Å². The first-order chi connectivity index (χ1) is 4.77. The van der Waals surface area contributed by atoms with Crippen molar-refractivity contribution in [3.8, 4) is 0 Å². The Hall–Kier alpha value is 0.310. The Balaban J connectivity index is 2.22. The number of rotatable bonds is 3. The van der Waals surface area contributed by atoms with Crippen LogP contribution in [0.1, 0.15) is 32.6 Å². The van der Waals surface area contributed by atoms with Crippen LogP contribution in [0.4, 0.5) is 0 Å². The molecule has 1 N–H and O–H groups in total. The molecule has 0 bridgehead atoms. The van der Waals surface area contributed by atoms with E-state index in [-0.39, 0.29) is 0 Å². The lowest BCUT2D eigenvalue weighted by Gasteiger charge is -2.22. The molecule has 0 aromatic carbocycles. The largest absolute Gasteiger partial charge is 0.308 e. The molecule has 0 radical (unpaired) electrons. The molecule has 1 aliphatic rings. The quantitative estimate of drug-likeness (QED) is 0.474. The molecule has 1 fully saturated rings. The van der Waals surface area contributed by atoms with E-state index in [0.29, 0.717) is 5.41 Å². The van der Waals surface area contributed by atoms with Gasteiger partial charge in [-0.05, 0) is 18.3 Å². The number of hydrogen-bond donors (Lipinski definition) is 2. The van der Waals surface area contributed by atoms with E-state index in [1.807, 2.05) is 0 Å². The molecule has 0 amide bonds. The maximum Gasteiger partial charge on any atom is 0.0387 e. The first-order valence-electron chi connectivity index (χ1n) is 4.08. The zero-order valence-corrected chi connectivity index (χ0v) is 7.58. The monoisotopic (exact) mass is 159 g/mol. The molecular weight excluding hydrogens is 142 g/mol. The van der Waals surface area contributed by atoms with E-state index < -0.39 is 0 Å². The summed E-state index contributed by atoms with van der Waals surface area (Å²) in [7, 11) is 0. The Kier molecular flexibility index (Phi) is 3.05. The Morgan fingerprint density at radius 1 is 1.40 bits per heavy atom. The van der Waals surface area contributed by atoms with Gasteiger partial charge in [-0.1, -0.05) is 19.8 Å². The van der Waals surface area contributed by atoms with Crippen LogP contribution in [0, 0.1) is 5.41 Å². The zero-order chi connectivity index (χ0) is 7.45. The lowest BCUT2D eigenvalue weighted by atomic mass is 9.89. The molecule has 1 nitrogen and oxygen atoms in total. The van der Waals surface area contributed by atoms with Crippen molar-refractivity contribution in [3.63, 3.8) is 0 Å². The van der Waals surface area contributed by atoms with Gasteiger partial charge in [0.2, 0.25) is 0 Å². The van der Waals surface area contributed by atoms with Gasteiger partial charge in [0.15, 0.2) is 0 Å². The van der Waals surface area contributed by atoms with Crippen LogP contribution >= 0.6 is 12.6 Å². The van der Waals surface area contributed by atoms with Gasteiger partial charge in [0.25, 0.3) is 0 Å². The van der Waals surface area contributed by atoms with Gasteiger partial charge in [0.05, 0.1) is 0 Å². The average molecular weight is 159 g/mol. The van der Waals surface area contributed by atoms with Crippen LogP contribution in [-0.4, -0.2) is 12.4 Å². The molecule has 0 aromatic heterocycles. The van der Waals surface area contributed by atoms with Crippen LogP contribution < -0.4 is 5.32 Å². The normalized spacial score (nSPS) is 23.4. The highest BCUT2D eigenvalue weighted by Crippen LogP contribution is 2.36. The van der Waals surface area contributed by atoms with Gasteiger partial charge in [-0.15, -0.1) is 0 Å². The highest BCUT2D eigenvalue weighted by molar-refractivity contribution is 7.80. The maximum absolute atomic E-state index is 4.12. The summed E-state index contributed by atoms with van der Waals surface area (Å²) in [4.78, 5) is 0. The molecule has 0 saturated heterocycles. The fraction of sp³-hybridized carbons (Fsp3) is 1.00. The molecule has 0 aliphatic heterocycles. The van der Waals surface area contributed by atoms with Gasteiger partial charge < -0.3 is 5.32 Å². The second-order valence-electron chi connectivity index (χ2n) is 3.60. The predicted molar refractivity (Wildman–Crippen MR) is 48.4 cm³/mol. The summed E-state index contributed by atoms with van der Waals surface area (Å²) in [6.45, 7) is 3.52. The van der Waals surface area contributed by atoms with Gasteiger partial charge in [-0.25, -0.2) is 0 Å². The van der Waals surface area contributed by atoms with Crippen LogP contribution in [-0.2, 0) is 0 Å². The van der Waals surface area contributed by atoms with E-state index in [2.05, 4.69) is 24.9 Å². The molecule has 0 heterocycles. The van der Waals surface area contributed by atoms with Crippen LogP contribution in [0.25, 0.3) is 0 Å². The molecule has 10 heavy (non-hydrogen) atoms. The van der Waals surface area contributed by atoms with Gasteiger partial charge in [0, 0.05) is 12.4 Å². The molecule has 1 saturated carbocycles. The van der Waals surface area contributed by atoms with Crippen molar-refractivity contribution in [2.75, 3.05) is 12.4 Å². The molecule has 0 spiro atoms. The minimum absolute atomic E-state index is 0.586. The molecule has 0 aromatic rings. The molecule has 1 rings (SSSR count). The Bertz CT molecular complexity index is 97.4. The molecule has 2 heteroatoms. The summed E-state index contributed by atoms with van der Waals surface area (Å²) in [5, 5.41) is 3.29. The van der Waals surface area contributed by atoms with Crippen molar-refractivity contribution in [1.82, 2.24) is 5.32 Å². The summed E-state index contributed by atoms with van der Waals surface area (Å²) < 4.78 is 0. The maximum atomic E-state index is 4.12. The first-order valence-corrected chi connectivity index (χ1v) is 4.72. The lowest BCUT2D eigenvalue weighted by Crippen LogP contribution is -2.28. The molecular formula is C8H17NS. The van der Waals surface area contributed by atoms with Crippen molar-refractivity contribution in [2.24, 2.45) is 5.41 Å². The molecule has 0 atom stereocenters. The lowest BCUT2D eigenvalue weighted by molar-refractivity contribution is 0.324. The van der Waals surface area contributed by atoms with Crippen molar-refractivity contribution in [2.45, 2.75) is 32.6 Å². The zero-order valence-electron chi connectivity index (χ0n) is 6.69. The third kappa shape index (κ3) is 2.17. The average Bonchev–Trinajstić information content (AvgIpc) is 2.33. The third-order valence-electron chi connectivity index (χ3n) is 2.47. The number of thiol groups is 1. The summed E-state index contributed by atoms with van der Waals surface area (Å²) in [5.74, 6) is 0.815. The van der Waals surface area contributed by atoms with Crippen molar-refractivity contribution in [1.29, 1.82) is 0 Å². The first kappa shape index (κ1) is 8.41. The fourth-order valence-electron chi connectivity index (χ4n) is 1.76. The van der Waals surface area contributed by atoms with E-state index >= 15 is 0 Å². The van der Waals surface area contributed by atoms with Gasteiger partial charge in [-0.2, -0.15) is 12.6 Å². The van der Waals surface area contributed by atoms with E-state index in [4.69, 9.17) is 0 Å². The smallest absolute Gasteiger partial charge is 0.0387 e. The van der Waals surface area contributed by atoms with Crippen molar-refractivity contribution in [3.05, 3.63) is 0 Å². The fourth-order valence-corrected chi connectivity index (χ4v) is 1.87. The minimum atomic E-state index is 0.586. The second-order valence-corrected chi connectivity index (χ2v) is 3.92. The van der Waals surface area contributed by atoms with Crippen LogP contribution in [0.5, 0.6) is 0 Å². The molecule has 0 unspecified atom stereocenters. The van der Waals surface area contributed by atoms with E-state index in [1.165, 1.54) is 25.7 Å². The topological polar surface area (TPSA) is 12.0 Å². The van der Waals surface area contributed by atoms with E-state index in [0.717, 1.165) is 12.4 Å². The highest BCUT2D eigenvalue weighted by atomic mass is 32.1. The van der Waals surface area contributed by atoms with E-state index in [9.17, 15) is 0 Å². The number of hydrogen-bond acceptors (Lipinski definition) is 2. The second kappa shape index (κ2) is 3.63. The Morgan fingerprint density at radius 2 is 2.00 bits per heavy atom. The SMILES string of the molecule is CC1(CNCS)CCCC1. The molecule has 1 aliphatic carbocycles. The Labute approximate surface area is 69.0 Å². The molecule has 60 valence electrons. The summed E-state index contributed by atoms with van der Waals surface area (Å²) in [6.07, 6.45) is 5.64. The summed E-state index contributed by atoms with van der Waals surface area (Å²) >= 11 is 4.12. The van der Waals surface area contributed by atoms with Crippen LogP contribution in [0.2, 0.25) is 0 Å². The van der Waals surface area contributed by atoms with E-state index in [1.54, 1.807) is 0 Å². The minimum Gasteiger partial charge on any atom is -0.308 e. The van der Waals surface area contributed by atoms with Crippen LogP contribution in [0.3, 0.4) is 0 Å². The van der Waals surface area contributed by atoms with Crippen molar-refractivity contribution >= 4 is 12.6 Å². The summed E-state index contributed by atoms with van der Waals surface area (Å²) in [6, 6.07) is 0. The Morgan fingerprint density at radius 3 is 2.50 bits per heavy atom. The van der Waals surface area contributed by atoms with Gasteiger partial charge in [-0.3, -0.25) is 0 Å². The summed E-state index contributed by atoms with van der Waals surface area (Å²) in [5.41, 5.74) is 0.586. The standard InChI is InChI=1S/C8H17NS/c1-8(6-9-7-10)4-2-3-5-8/h9-10H,2-7H2,1H3. The van der Waals surface area contributed by atoms with Crippen LogP contribution in [0.15, 0.2) is 0 Å².